The van der Waals surface area contributed by atoms with Crippen LogP contribution in [0.2, 0.25) is 5.02 Å². The highest BCUT2D eigenvalue weighted by Gasteiger charge is 2.30. The third-order valence-electron chi connectivity index (χ3n) is 5.10. The van der Waals surface area contributed by atoms with Gasteiger partial charge in [-0.05, 0) is 36.4 Å². The topological polar surface area (TPSA) is 60.9 Å². The van der Waals surface area contributed by atoms with E-state index in [1.165, 1.54) is 22.0 Å². The lowest BCUT2D eigenvalue weighted by Gasteiger charge is -2.35. The number of amides is 1. The summed E-state index contributed by atoms with van der Waals surface area (Å²) in [5.74, 6) is 0.0336. The molecular formula is C21H26ClN3O3S. The van der Waals surface area contributed by atoms with Gasteiger partial charge in [0.05, 0.1) is 11.4 Å². The highest BCUT2D eigenvalue weighted by molar-refractivity contribution is 7.89. The fourth-order valence-corrected chi connectivity index (χ4v) is 4.89. The summed E-state index contributed by atoms with van der Waals surface area (Å²) in [6, 6.07) is 16.2. The summed E-state index contributed by atoms with van der Waals surface area (Å²) in [5.41, 5.74) is 1.17. The molecule has 2 aromatic carbocycles. The zero-order chi connectivity index (χ0) is 20.9. The van der Waals surface area contributed by atoms with Crippen molar-refractivity contribution in [3.05, 3.63) is 65.2 Å². The van der Waals surface area contributed by atoms with Crippen LogP contribution in [0.4, 0.5) is 0 Å². The van der Waals surface area contributed by atoms with Crippen molar-refractivity contribution < 1.29 is 13.2 Å². The smallest absolute Gasteiger partial charge is 0.243 e. The number of carbonyl (C=O) groups excluding carboxylic acids is 1. The van der Waals surface area contributed by atoms with Crippen LogP contribution in [0.25, 0.3) is 0 Å². The molecule has 0 aliphatic carbocycles. The van der Waals surface area contributed by atoms with Gasteiger partial charge >= 0.3 is 0 Å². The molecule has 3 rings (SSSR count). The Bertz CT molecular complexity index is 912. The summed E-state index contributed by atoms with van der Waals surface area (Å²) >= 11 is 5.85. The summed E-state index contributed by atoms with van der Waals surface area (Å²) in [5, 5.41) is 0.496. The lowest BCUT2D eigenvalue weighted by molar-refractivity contribution is -0.133. The Kier molecular flexibility index (Phi) is 7.29. The zero-order valence-corrected chi connectivity index (χ0v) is 18.1. The van der Waals surface area contributed by atoms with Crippen molar-refractivity contribution in [2.24, 2.45) is 0 Å². The van der Waals surface area contributed by atoms with E-state index in [1.807, 2.05) is 37.3 Å². The minimum atomic E-state index is -3.57. The van der Waals surface area contributed by atoms with E-state index >= 15 is 0 Å². The van der Waals surface area contributed by atoms with Crippen LogP contribution < -0.4 is 0 Å². The Hall–Kier alpha value is -1.93. The van der Waals surface area contributed by atoms with Crippen molar-refractivity contribution in [3.8, 4) is 0 Å². The van der Waals surface area contributed by atoms with Crippen LogP contribution in [0, 0.1) is 0 Å². The minimum Gasteiger partial charge on any atom is -0.339 e. The van der Waals surface area contributed by atoms with Crippen LogP contribution in [0.3, 0.4) is 0 Å². The quantitative estimate of drug-likeness (QED) is 0.670. The molecular weight excluding hydrogens is 410 g/mol. The van der Waals surface area contributed by atoms with Crippen LogP contribution in [0.1, 0.15) is 12.5 Å². The van der Waals surface area contributed by atoms with Gasteiger partial charge < -0.3 is 4.90 Å². The molecule has 1 amide bonds. The minimum absolute atomic E-state index is 0.0336. The van der Waals surface area contributed by atoms with Crippen molar-refractivity contribution in [3.63, 3.8) is 0 Å². The maximum absolute atomic E-state index is 12.8. The van der Waals surface area contributed by atoms with Gasteiger partial charge in [-0.2, -0.15) is 4.31 Å². The van der Waals surface area contributed by atoms with Gasteiger partial charge in [-0.1, -0.05) is 48.9 Å². The number of likely N-dealkylation sites (N-methyl/N-ethyl adjacent to an activating group) is 1. The number of benzene rings is 2. The highest BCUT2D eigenvalue weighted by atomic mass is 35.5. The standard InChI is InChI=1S/C21H26ClN3O3S/c1-2-23(16-18-6-4-3-5-7-18)17-21(26)24-12-14-25(15-13-24)29(27,28)20-10-8-19(22)9-11-20/h3-11H,2,12-17H2,1H3. The first kappa shape index (κ1) is 21.8. The maximum atomic E-state index is 12.8. The Morgan fingerprint density at radius 3 is 2.21 bits per heavy atom. The molecule has 29 heavy (non-hydrogen) atoms. The molecule has 0 unspecified atom stereocenters. The first-order chi connectivity index (χ1) is 13.9. The number of rotatable bonds is 7. The Balaban J connectivity index is 1.55. The average molecular weight is 436 g/mol. The molecule has 0 radical (unpaired) electrons. The molecule has 8 heteroatoms. The number of carbonyl (C=O) groups is 1. The number of piperazine rings is 1. The van der Waals surface area contributed by atoms with E-state index in [0.29, 0.717) is 44.3 Å². The number of hydrogen-bond donors (Lipinski definition) is 0. The second kappa shape index (κ2) is 9.71. The molecule has 0 spiro atoms. The van der Waals surface area contributed by atoms with Crippen molar-refractivity contribution in [2.75, 3.05) is 39.3 Å². The molecule has 6 nitrogen and oxygen atoms in total. The van der Waals surface area contributed by atoms with Crippen molar-refractivity contribution in [2.45, 2.75) is 18.4 Å². The molecule has 1 heterocycles. The molecule has 1 aliphatic heterocycles. The van der Waals surface area contributed by atoms with E-state index in [-0.39, 0.29) is 10.8 Å². The molecule has 1 saturated heterocycles. The average Bonchev–Trinajstić information content (AvgIpc) is 2.74. The predicted molar refractivity (Wildman–Crippen MR) is 114 cm³/mol. The largest absolute Gasteiger partial charge is 0.339 e. The van der Waals surface area contributed by atoms with Gasteiger partial charge in [0.2, 0.25) is 15.9 Å². The summed E-state index contributed by atoms with van der Waals surface area (Å²) < 4.78 is 27.0. The van der Waals surface area contributed by atoms with Gasteiger partial charge in [0.15, 0.2) is 0 Å². The van der Waals surface area contributed by atoms with Crippen molar-refractivity contribution >= 4 is 27.5 Å². The summed E-state index contributed by atoms with van der Waals surface area (Å²) in [4.78, 5) is 16.8. The first-order valence-electron chi connectivity index (χ1n) is 9.70. The summed E-state index contributed by atoms with van der Waals surface area (Å²) in [7, 11) is -3.57. The predicted octanol–water partition coefficient (Wildman–Crippen LogP) is 2.70. The summed E-state index contributed by atoms with van der Waals surface area (Å²) in [6.07, 6.45) is 0. The second-order valence-electron chi connectivity index (χ2n) is 7.03. The lowest BCUT2D eigenvalue weighted by atomic mass is 10.2. The number of halogens is 1. The molecule has 0 saturated carbocycles. The molecule has 1 aliphatic rings. The van der Waals surface area contributed by atoms with Gasteiger partial charge in [0.25, 0.3) is 0 Å². The highest BCUT2D eigenvalue weighted by Crippen LogP contribution is 2.20. The third-order valence-corrected chi connectivity index (χ3v) is 7.26. The fraction of sp³-hybridized carbons (Fsp3) is 0.381. The Labute approximate surface area is 177 Å². The van der Waals surface area contributed by atoms with Gasteiger partial charge in [-0.3, -0.25) is 9.69 Å². The van der Waals surface area contributed by atoms with Gasteiger partial charge in [-0.25, -0.2) is 8.42 Å². The summed E-state index contributed by atoms with van der Waals surface area (Å²) in [6.45, 7) is 5.23. The van der Waals surface area contributed by atoms with Crippen LogP contribution >= 0.6 is 11.6 Å². The molecule has 0 atom stereocenters. The molecule has 156 valence electrons. The monoisotopic (exact) mass is 435 g/mol. The third kappa shape index (κ3) is 5.57. The van der Waals surface area contributed by atoms with Gasteiger partial charge in [-0.15, -0.1) is 0 Å². The lowest BCUT2D eigenvalue weighted by Crippen LogP contribution is -2.52. The zero-order valence-electron chi connectivity index (χ0n) is 16.5. The maximum Gasteiger partial charge on any atom is 0.243 e. The second-order valence-corrected chi connectivity index (χ2v) is 9.40. The molecule has 0 N–H and O–H groups in total. The van der Waals surface area contributed by atoms with Gasteiger partial charge in [0.1, 0.15) is 0 Å². The van der Waals surface area contributed by atoms with Crippen LogP contribution in [-0.2, 0) is 21.4 Å². The van der Waals surface area contributed by atoms with E-state index in [4.69, 9.17) is 11.6 Å². The van der Waals surface area contributed by atoms with Crippen molar-refractivity contribution in [1.82, 2.24) is 14.1 Å². The van der Waals surface area contributed by atoms with Crippen LogP contribution in [0.5, 0.6) is 0 Å². The normalized spacial score (nSPS) is 15.6. The van der Waals surface area contributed by atoms with Crippen LogP contribution in [-0.4, -0.2) is 67.7 Å². The van der Waals surface area contributed by atoms with Crippen LogP contribution in [0.15, 0.2) is 59.5 Å². The molecule has 0 bridgehead atoms. The van der Waals surface area contributed by atoms with E-state index in [0.717, 1.165) is 6.54 Å². The Morgan fingerprint density at radius 1 is 1.00 bits per heavy atom. The van der Waals surface area contributed by atoms with Gasteiger partial charge in [0, 0.05) is 37.7 Å². The molecule has 2 aromatic rings. The van der Waals surface area contributed by atoms with E-state index in [2.05, 4.69) is 4.90 Å². The molecule has 1 fully saturated rings. The number of nitrogens with zero attached hydrogens (tertiary/aromatic N) is 3. The fourth-order valence-electron chi connectivity index (χ4n) is 3.35. The van der Waals surface area contributed by atoms with E-state index in [1.54, 1.807) is 17.0 Å². The van der Waals surface area contributed by atoms with Crippen molar-refractivity contribution in [1.29, 1.82) is 0 Å². The first-order valence-corrected chi connectivity index (χ1v) is 11.5. The SMILES string of the molecule is CCN(CC(=O)N1CCN(S(=O)(=O)c2ccc(Cl)cc2)CC1)Cc1ccccc1. The molecule has 0 aromatic heterocycles. The number of sulfonamides is 1. The number of hydrogen-bond acceptors (Lipinski definition) is 4. The van der Waals surface area contributed by atoms with E-state index < -0.39 is 10.0 Å². The Morgan fingerprint density at radius 2 is 1.62 bits per heavy atom. The van der Waals surface area contributed by atoms with E-state index in [9.17, 15) is 13.2 Å².